The number of nitrogens with one attached hydrogen (secondary N) is 1. The number of ether oxygens (including phenoxy) is 1. The lowest BCUT2D eigenvalue weighted by Gasteiger charge is -2.08. The highest BCUT2D eigenvalue weighted by atomic mass is 32.1. The van der Waals surface area contributed by atoms with Crippen LogP contribution < -0.4 is 5.32 Å². The van der Waals surface area contributed by atoms with Crippen LogP contribution in [0.5, 0.6) is 0 Å². The Balaban J connectivity index is 1.72. The SMILES string of the molecule is CC(C)CNCCCc1nnc(C2CCOC2C)s1. The molecule has 2 unspecified atom stereocenters. The van der Waals surface area contributed by atoms with E-state index < -0.39 is 0 Å². The molecule has 2 rings (SSSR count). The summed E-state index contributed by atoms with van der Waals surface area (Å²) in [5.74, 6) is 1.18. The molecule has 1 aromatic heterocycles. The predicted octanol–water partition coefficient (Wildman–Crippen LogP) is 2.61. The van der Waals surface area contributed by atoms with E-state index >= 15 is 0 Å². The molecule has 2 heterocycles. The second-order valence-corrected chi connectivity index (χ2v) is 6.80. The van der Waals surface area contributed by atoms with Crippen molar-refractivity contribution in [1.29, 1.82) is 0 Å². The van der Waals surface area contributed by atoms with Crippen LogP contribution >= 0.6 is 11.3 Å². The fourth-order valence-corrected chi connectivity index (χ4v) is 3.44. The van der Waals surface area contributed by atoms with Crippen molar-refractivity contribution in [1.82, 2.24) is 15.5 Å². The maximum Gasteiger partial charge on any atom is 0.123 e. The molecule has 0 bridgehead atoms. The maximum absolute atomic E-state index is 5.59. The van der Waals surface area contributed by atoms with Gasteiger partial charge in [-0.1, -0.05) is 13.8 Å². The Kier molecular flexibility index (Phi) is 5.73. The summed E-state index contributed by atoms with van der Waals surface area (Å²) in [6.45, 7) is 9.62. The van der Waals surface area contributed by atoms with E-state index in [1.807, 2.05) is 0 Å². The number of aryl methyl sites for hydroxylation is 1. The fourth-order valence-electron chi connectivity index (χ4n) is 2.33. The number of nitrogens with zero attached hydrogens (tertiary/aromatic N) is 2. The fraction of sp³-hybridized carbons (Fsp3) is 0.857. The summed E-state index contributed by atoms with van der Waals surface area (Å²) in [5, 5.41) is 14.4. The highest BCUT2D eigenvalue weighted by Gasteiger charge is 2.28. The predicted molar refractivity (Wildman–Crippen MR) is 78.7 cm³/mol. The van der Waals surface area contributed by atoms with Crippen molar-refractivity contribution in [2.45, 2.75) is 52.1 Å². The van der Waals surface area contributed by atoms with Gasteiger partial charge in [0.1, 0.15) is 10.0 Å². The zero-order valence-corrected chi connectivity index (χ0v) is 13.0. The van der Waals surface area contributed by atoms with Gasteiger partial charge in [0.15, 0.2) is 0 Å². The Bertz CT molecular complexity index is 381. The van der Waals surface area contributed by atoms with Crippen LogP contribution in [0.15, 0.2) is 0 Å². The van der Waals surface area contributed by atoms with E-state index in [0.29, 0.717) is 12.0 Å². The molecule has 0 amide bonds. The molecule has 1 N–H and O–H groups in total. The molecular formula is C14H25N3OS. The zero-order chi connectivity index (χ0) is 13.7. The van der Waals surface area contributed by atoms with Crippen LogP contribution in [0.1, 0.15) is 49.5 Å². The first-order valence-corrected chi connectivity index (χ1v) is 8.13. The Hall–Kier alpha value is -0.520. The quantitative estimate of drug-likeness (QED) is 0.781. The van der Waals surface area contributed by atoms with Crippen LogP contribution in [0.3, 0.4) is 0 Å². The van der Waals surface area contributed by atoms with Gasteiger partial charge < -0.3 is 10.1 Å². The van der Waals surface area contributed by atoms with Crippen molar-refractivity contribution in [2.24, 2.45) is 5.92 Å². The molecule has 5 heteroatoms. The monoisotopic (exact) mass is 283 g/mol. The average Bonchev–Trinajstić information content (AvgIpc) is 2.97. The number of hydrogen-bond donors (Lipinski definition) is 1. The third-order valence-electron chi connectivity index (χ3n) is 3.47. The number of rotatable bonds is 7. The molecule has 1 saturated heterocycles. The van der Waals surface area contributed by atoms with Gasteiger partial charge in [-0.05, 0) is 38.8 Å². The summed E-state index contributed by atoms with van der Waals surface area (Å²) in [4.78, 5) is 0. The second-order valence-electron chi connectivity index (χ2n) is 5.71. The minimum atomic E-state index is 0.300. The first-order chi connectivity index (χ1) is 9.16. The van der Waals surface area contributed by atoms with Crippen molar-refractivity contribution >= 4 is 11.3 Å². The highest BCUT2D eigenvalue weighted by molar-refractivity contribution is 7.11. The van der Waals surface area contributed by atoms with Crippen LogP contribution in [0, 0.1) is 5.92 Å². The zero-order valence-electron chi connectivity index (χ0n) is 12.2. The third-order valence-corrected chi connectivity index (χ3v) is 4.59. The van der Waals surface area contributed by atoms with Crippen LogP contribution in [-0.2, 0) is 11.2 Å². The molecule has 0 aromatic carbocycles. The molecule has 4 nitrogen and oxygen atoms in total. The van der Waals surface area contributed by atoms with Crippen molar-refractivity contribution in [3.05, 3.63) is 10.0 Å². The van der Waals surface area contributed by atoms with Crippen molar-refractivity contribution in [3.63, 3.8) is 0 Å². The van der Waals surface area contributed by atoms with Gasteiger partial charge in [0.2, 0.25) is 0 Å². The molecule has 108 valence electrons. The third kappa shape index (κ3) is 4.51. The summed E-state index contributed by atoms with van der Waals surface area (Å²) in [7, 11) is 0. The van der Waals surface area contributed by atoms with Crippen molar-refractivity contribution < 1.29 is 4.74 Å². The Labute approximate surface area is 120 Å². The largest absolute Gasteiger partial charge is 0.378 e. The smallest absolute Gasteiger partial charge is 0.123 e. The van der Waals surface area contributed by atoms with Crippen LogP contribution in [-0.4, -0.2) is 36.0 Å². The lowest BCUT2D eigenvalue weighted by Crippen LogP contribution is -2.21. The van der Waals surface area contributed by atoms with Gasteiger partial charge >= 0.3 is 0 Å². The first-order valence-electron chi connectivity index (χ1n) is 7.31. The molecule has 1 aliphatic heterocycles. The summed E-state index contributed by atoms with van der Waals surface area (Å²) in [5.41, 5.74) is 0. The van der Waals surface area contributed by atoms with Gasteiger partial charge in [0.05, 0.1) is 6.10 Å². The number of hydrogen-bond acceptors (Lipinski definition) is 5. The Morgan fingerprint density at radius 1 is 1.42 bits per heavy atom. The van der Waals surface area contributed by atoms with E-state index in [2.05, 4.69) is 36.3 Å². The van der Waals surface area contributed by atoms with Crippen LogP contribution in [0.4, 0.5) is 0 Å². The van der Waals surface area contributed by atoms with Crippen molar-refractivity contribution in [3.8, 4) is 0 Å². The lowest BCUT2D eigenvalue weighted by molar-refractivity contribution is 0.118. The topological polar surface area (TPSA) is 47.0 Å². The summed E-state index contributed by atoms with van der Waals surface area (Å²) < 4.78 is 5.59. The van der Waals surface area contributed by atoms with E-state index in [0.717, 1.165) is 49.9 Å². The Morgan fingerprint density at radius 2 is 2.26 bits per heavy atom. The molecule has 0 aliphatic carbocycles. The van der Waals surface area contributed by atoms with Gasteiger partial charge in [-0.3, -0.25) is 0 Å². The van der Waals surface area contributed by atoms with E-state index in [1.54, 1.807) is 11.3 Å². The second kappa shape index (κ2) is 7.31. The van der Waals surface area contributed by atoms with E-state index in [4.69, 9.17) is 4.74 Å². The average molecular weight is 283 g/mol. The first kappa shape index (κ1) is 14.9. The molecule has 0 spiro atoms. The standard InChI is InChI=1S/C14H25N3OS/c1-10(2)9-15-7-4-5-13-16-17-14(19-13)12-6-8-18-11(12)3/h10-12,15H,4-9H2,1-3H3. The Morgan fingerprint density at radius 3 is 2.95 bits per heavy atom. The summed E-state index contributed by atoms with van der Waals surface area (Å²) in [6.07, 6.45) is 3.56. The molecule has 0 radical (unpaired) electrons. The van der Waals surface area contributed by atoms with E-state index in [9.17, 15) is 0 Å². The maximum atomic E-state index is 5.59. The normalized spacial score (nSPS) is 23.4. The van der Waals surface area contributed by atoms with Gasteiger partial charge in [0, 0.05) is 18.9 Å². The molecule has 1 fully saturated rings. The minimum Gasteiger partial charge on any atom is -0.378 e. The minimum absolute atomic E-state index is 0.300. The van der Waals surface area contributed by atoms with E-state index in [1.165, 1.54) is 5.01 Å². The molecule has 1 aromatic rings. The van der Waals surface area contributed by atoms with Gasteiger partial charge in [-0.2, -0.15) is 0 Å². The summed E-state index contributed by atoms with van der Waals surface area (Å²) in [6, 6.07) is 0. The summed E-state index contributed by atoms with van der Waals surface area (Å²) >= 11 is 1.77. The van der Waals surface area contributed by atoms with Crippen LogP contribution in [0.2, 0.25) is 0 Å². The highest BCUT2D eigenvalue weighted by Crippen LogP contribution is 2.32. The van der Waals surface area contributed by atoms with Crippen molar-refractivity contribution in [2.75, 3.05) is 19.7 Å². The van der Waals surface area contributed by atoms with Gasteiger partial charge in [0.25, 0.3) is 0 Å². The lowest BCUT2D eigenvalue weighted by atomic mass is 10.0. The molecule has 0 saturated carbocycles. The molecule has 2 atom stereocenters. The number of aromatic nitrogens is 2. The van der Waals surface area contributed by atoms with Gasteiger partial charge in [-0.25, -0.2) is 0 Å². The molecule has 1 aliphatic rings. The van der Waals surface area contributed by atoms with Gasteiger partial charge in [-0.15, -0.1) is 21.5 Å². The van der Waals surface area contributed by atoms with Crippen LogP contribution in [0.25, 0.3) is 0 Å². The van der Waals surface area contributed by atoms with E-state index in [-0.39, 0.29) is 0 Å². The molecule has 19 heavy (non-hydrogen) atoms. The molecular weight excluding hydrogens is 258 g/mol.